The molecule has 0 atom stereocenters. The molecule has 3 nitrogen and oxygen atoms in total. The van der Waals surface area contributed by atoms with Gasteiger partial charge in [-0.1, -0.05) is 42.7 Å². The number of rotatable bonds is 2. The molecule has 0 bridgehead atoms. The van der Waals surface area contributed by atoms with Crippen molar-refractivity contribution in [1.82, 2.24) is 15.0 Å². The van der Waals surface area contributed by atoms with E-state index in [9.17, 15) is 0 Å². The summed E-state index contributed by atoms with van der Waals surface area (Å²) in [5.41, 5.74) is 3.42. The van der Waals surface area contributed by atoms with Crippen LogP contribution in [0.5, 0.6) is 0 Å². The molecule has 1 saturated carbocycles. The van der Waals surface area contributed by atoms with Gasteiger partial charge in [-0.25, -0.2) is 4.68 Å². The van der Waals surface area contributed by atoms with Gasteiger partial charge in [0.1, 0.15) is 5.52 Å². The summed E-state index contributed by atoms with van der Waals surface area (Å²) in [6.07, 6.45) is 8.84. The van der Waals surface area contributed by atoms with Gasteiger partial charge in [0.05, 0.1) is 5.52 Å². The third-order valence-corrected chi connectivity index (χ3v) is 3.92. The predicted octanol–water partition coefficient (Wildman–Crippen LogP) is 3.87. The fraction of sp³-hybridized carbons (Fsp3) is 0.467. The van der Waals surface area contributed by atoms with Crippen molar-refractivity contribution in [3.05, 3.63) is 30.3 Å². The highest BCUT2D eigenvalue weighted by molar-refractivity contribution is 5.77. The van der Waals surface area contributed by atoms with E-state index in [0.29, 0.717) is 5.92 Å². The molecule has 18 heavy (non-hydrogen) atoms. The fourth-order valence-electron chi connectivity index (χ4n) is 2.99. The Morgan fingerprint density at radius 3 is 2.78 bits per heavy atom. The second-order valence-corrected chi connectivity index (χ2v) is 5.04. The lowest BCUT2D eigenvalue weighted by molar-refractivity contribution is 0.416. The van der Waals surface area contributed by atoms with Crippen LogP contribution in [0, 0.1) is 5.92 Å². The number of allylic oxidation sites excluding steroid dienone is 2. The van der Waals surface area contributed by atoms with E-state index >= 15 is 0 Å². The Hall–Kier alpha value is -1.64. The lowest BCUT2D eigenvalue weighted by atomic mass is 9.86. The van der Waals surface area contributed by atoms with E-state index in [2.05, 4.69) is 35.4 Å². The van der Waals surface area contributed by atoms with Crippen molar-refractivity contribution in [3.8, 4) is 0 Å². The first-order valence-electron chi connectivity index (χ1n) is 6.87. The number of hydrogen-bond donors (Lipinski definition) is 0. The highest BCUT2D eigenvalue weighted by Gasteiger charge is 2.20. The van der Waals surface area contributed by atoms with Crippen LogP contribution in [0.15, 0.2) is 30.3 Å². The summed E-state index contributed by atoms with van der Waals surface area (Å²) in [7, 11) is 0. The van der Waals surface area contributed by atoms with Crippen LogP contribution in [0.4, 0.5) is 0 Å². The number of para-hydroxylation sites is 1. The van der Waals surface area contributed by atoms with E-state index in [-0.39, 0.29) is 0 Å². The van der Waals surface area contributed by atoms with E-state index in [1.807, 2.05) is 16.8 Å². The summed E-state index contributed by atoms with van der Waals surface area (Å²) in [5.74, 6) is 0.647. The van der Waals surface area contributed by atoms with Gasteiger partial charge in [-0.15, -0.1) is 5.10 Å². The van der Waals surface area contributed by atoms with Crippen LogP contribution in [0.25, 0.3) is 16.7 Å². The van der Waals surface area contributed by atoms with Gasteiger partial charge in [-0.3, -0.25) is 0 Å². The predicted molar refractivity (Wildman–Crippen MR) is 74.1 cm³/mol. The van der Waals surface area contributed by atoms with Crippen LogP contribution in [-0.2, 0) is 0 Å². The van der Waals surface area contributed by atoms with Gasteiger partial charge in [0.2, 0.25) is 0 Å². The second-order valence-electron chi connectivity index (χ2n) is 5.04. The van der Waals surface area contributed by atoms with Crippen molar-refractivity contribution in [1.29, 1.82) is 0 Å². The lowest BCUT2D eigenvalue weighted by Crippen LogP contribution is -2.14. The average Bonchev–Trinajstić information content (AvgIpc) is 2.85. The molecule has 3 heteroatoms. The zero-order valence-corrected chi connectivity index (χ0v) is 10.8. The molecule has 1 aromatic carbocycles. The zero-order chi connectivity index (χ0) is 12.4. The van der Waals surface area contributed by atoms with Gasteiger partial charge in [0.15, 0.2) is 0 Å². The van der Waals surface area contributed by atoms with E-state index in [1.165, 1.54) is 37.8 Å². The van der Waals surface area contributed by atoms with Crippen molar-refractivity contribution in [2.75, 3.05) is 0 Å². The minimum atomic E-state index is 0.647. The molecule has 0 amide bonds. The molecule has 0 saturated heterocycles. The molecule has 1 aliphatic carbocycles. The maximum Gasteiger partial charge on any atom is 0.113 e. The third-order valence-electron chi connectivity index (χ3n) is 3.92. The molecule has 94 valence electrons. The highest BCUT2D eigenvalue weighted by Crippen LogP contribution is 2.33. The maximum absolute atomic E-state index is 4.34. The third kappa shape index (κ3) is 1.94. The van der Waals surface area contributed by atoms with Crippen molar-refractivity contribution in [3.63, 3.8) is 0 Å². The number of aromatic nitrogens is 3. The van der Waals surface area contributed by atoms with Crippen molar-refractivity contribution < 1.29 is 0 Å². The summed E-state index contributed by atoms with van der Waals surface area (Å²) < 4.78 is 2.03. The highest BCUT2D eigenvalue weighted by atomic mass is 15.4. The van der Waals surface area contributed by atoms with Crippen LogP contribution in [0.1, 0.15) is 39.0 Å². The SMILES string of the molecule is C/C=C(/C1CCCCC1)n1nnc2ccccc21. The molecule has 0 radical (unpaired) electrons. The van der Waals surface area contributed by atoms with E-state index in [1.54, 1.807) is 0 Å². The summed E-state index contributed by atoms with van der Waals surface area (Å²) in [4.78, 5) is 0. The number of fused-ring (bicyclic) bond motifs is 1. The Morgan fingerprint density at radius 1 is 1.22 bits per heavy atom. The first kappa shape index (κ1) is 11.5. The molecular weight excluding hydrogens is 222 g/mol. The number of benzene rings is 1. The Labute approximate surface area is 107 Å². The molecule has 1 aliphatic rings. The van der Waals surface area contributed by atoms with Crippen molar-refractivity contribution in [2.24, 2.45) is 5.92 Å². The second kappa shape index (κ2) is 4.92. The standard InChI is InChI=1S/C15H19N3/c1-2-14(12-8-4-3-5-9-12)18-15-11-7-6-10-13(15)16-17-18/h2,6-7,10-12H,3-5,8-9H2,1H3/b14-2-. The number of hydrogen-bond acceptors (Lipinski definition) is 2. The van der Waals surface area contributed by atoms with Crippen LogP contribution < -0.4 is 0 Å². The van der Waals surface area contributed by atoms with Crippen LogP contribution in [0.3, 0.4) is 0 Å². The first-order chi connectivity index (χ1) is 8.90. The Bertz CT molecular complexity index is 562. The monoisotopic (exact) mass is 241 g/mol. The van der Waals surface area contributed by atoms with Crippen molar-refractivity contribution >= 4 is 16.7 Å². The summed E-state index contributed by atoms with van der Waals surface area (Å²) in [5, 5.41) is 8.59. The molecule has 2 aromatic rings. The normalized spacial score (nSPS) is 18.4. The topological polar surface area (TPSA) is 30.7 Å². The molecule has 0 aliphatic heterocycles. The van der Waals surface area contributed by atoms with Crippen molar-refractivity contribution in [2.45, 2.75) is 39.0 Å². The fourth-order valence-corrected chi connectivity index (χ4v) is 2.99. The summed E-state index contributed by atoms with van der Waals surface area (Å²) >= 11 is 0. The smallest absolute Gasteiger partial charge is 0.113 e. The Morgan fingerprint density at radius 2 is 2.00 bits per heavy atom. The van der Waals surface area contributed by atoms with E-state index in [0.717, 1.165) is 11.0 Å². The largest absolute Gasteiger partial charge is 0.217 e. The van der Waals surface area contributed by atoms with Gasteiger partial charge in [-0.05, 0) is 31.9 Å². The molecule has 0 unspecified atom stereocenters. The molecule has 3 rings (SSSR count). The van der Waals surface area contributed by atoms with Gasteiger partial charge >= 0.3 is 0 Å². The van der Waals surface area contributed by atoms with Gasteiger partial charge in [-0.2, -0.15) is 0 Å². The van der Waals surface area contributed by atoms with Crippen LogP contribution >= 0.6 is 0 Å². The van der Waals surface area contributed by atoms with Crippen LogP contribution in [-0.4, -0.2) is 15.0 Å². The zero-order valence-electron chi connectivity index (χ0n) is 10.8. The first-order valence-corrected chi connectivity index (χ1v) is 6.87. The van der Waals surface area contributed by atoms with Gasteiger partial charge in [0.25, 0.3) is 0 Å². The molecule has 1 aromatic heterocycles. The molecule has 1 fully saturated rings. The van der Waals surface area contributed by atoms with E-state index < -0.39 is 0 Å². The van der Waals surface area contributed by atoms with Crippen LogP contribution in [0.2, 0.25) is 0 Å². The summed E-state index contributed by atoms with van der Waals surface area (Å²) in [6, 6.07) is 8.18. The molecule has 0 N–H and O–H groups in total. The average molecular weight is 241 g/mol. The number of nitrogens with zero attached hydrogens (tertiary/aromatic N) is 3. The minimum absolute atomic E-state index is 0.647. The Kier molecular flexibility index (Phi) is 3.13. The molecular formula is C15H19N3. The Balaban J connectivity index is 2.01. The lowest BCUT2D eigenvalue weighted by Gasteiger charge is -2.24. The van der Waals surface area contributed by atoms with Gasteiger partial charge in [0, 0.05) is 11.6 Å². The summed E-state index contributed by atoms with van der Waals surface area (Å²) in [6.45, 7) is 2.11. The maximum atomic E-state index is 4.34. The van der Waals surface area contributed by atoms with Gasteiger partial charge < -0.3 is 0 Å². The molecule has 0 spiro atoms. The molecule has 1 heterocycles. The quantitative estimate of drug-likeness (QED) is 0.799. The van der Waals surface area contributed by atoms with E-state index in [4.69, 9.17) is 0 Å². The minimum Gasteiger partial charge on any atom is -0.217 e.